The van der Waals surface area contributed by atoms with Crippen LogP contribution in [0.5, 0.6) is 0 Å². The molecule has 0 N–H and O–H groups in total. The first-order valence-electron chi connectivity index (χ1n) is 8.11. The fourth-order valence-electron chi connectivity index (χ4n) is 2.53. The van der Waals surface area contributed by atoms with Crippen molar-refractivity contribution in [3.63, 3.8) is 0 Å². The zero-order valence-corrected chi connectivity index (χ0v) is 16.7. The molecule has 0 amide bonds. The quantitative estimate of drug-likeness (QED) is 0.517. The third kappa shape index (κ3) is 4.14. The second-order valence-electron chi connectivity index (χ2n) is 8.24. The maximum atomic E-state index is 3.86. The van der Waals surface area contributed by atoms with E-state index >= 15 is 0 Å². The Morgan fingerprint density at radius 3 is 1.70 bits per heavy atom. The summed E-state index contributed by atoms with van der Waals surface area (Å²) >= 11 is 3.65. The van der Waals surface area contributed by atoms with Crippen LogP contribution >= 0.6 is 15.9 Å². The molecular weight excluding hydrogens is 344 g/mol. The molecule has 2 aromatic rings. The summed E-state index contributed by atoms with van der Waals surface area (Å²) in [5, 5.41) is 0. The molecule has 0 saturated carbocycles. The van der Waals surface area contributed by atoms with Crippen LogP contribution < -0.4 is 0 Å². The van der Waals surface area contributed by atoms with Gasteiger partial charge in [0.25, 0.3) is 0 Å². The summed E-state index contributed by atoms with van der Waals surface area (Å²) in [5.41, 5.74) is 6.66. The predicted octanol–water partition coefficient (Wildman–Crippen LogP) is 7.35. The molecule has 0 unspecified atom stereocenters. The highest BCUT2D eigenvalue weighted by Crippen LogP contribution is 2.35. The molecular formula is C22H27Br. The molecule has 0 aliphatic rings. The van der Waals surface area contributed by atoms with Crippen LogP contribution in [0.4, 0.5) is 0 Å². The Hall–Kier alpha value is -1.34. The summed E-state index contributed by atoms with van der Waals surface area (Å²) in [7, 11) is 0. The molecule has 0 heterocycles. The van der Waals surface area contributed by atoms with Gasteiger partial charge in [-0.2, -0.15) is 0 Å². The molecule has 0 aromatic heterocycles. The van der Waals surface area contributed by atoms with Crippen molar-refractivity contribution in [2.45, 2.75) is 52.4 Å². The molecule has 0 atom stereocenters. The minimum Gasteiger partial charge on any atom is -0.0984 e. The van der Waals surface area contributed by atoms with Gasteiger partial charge in [-0.25, -0.2) is 0 Å². The minimum absolute atomic E-state index is 0.133. The van der Waals surface area contributed by atoms with Gasteiger partial charge in [0.05, 0.1) is 0 Å². The topological polar surface area (TPSA) is 0 Å². The summed E-state index contributed by atoms with van der Waals surface area (Å²) < 4.78 is 1.09. The highest BCUT2D eigenvalue weighted by Gasteiger charge is 2.21. The van der Waals surface area contributed by atoms with Gasteiger partial charge >= 0.3 is 0 Å². The molecule has 0 radical (unpaired) electrons. The van der Waals surface area contributed by atoms with Crippen molar-refractivity contribution in [3.8, 4) is 11.1 Å². The molecule has 0 aliphatic heterocycles. The van der Waals surface area contributed by atoms with E-state index < -0.39 is 0 Å². The summed E-state index contributed by atoms with van der Waals surface area (Å²) in [6.07, 6.45) is 1.88. The van der Waals surface area contributed by atoms with Crippen molar-refractivity contribution in [2.24, 2.45) is 0 Å². The average Bonchev–Trinajstić information content (AvgIpc) is 2.45. The predicted molar refractivity (Wildman–Crippen MR) is 107 cm³/mol. The zero-order chi connectivity index (χ0) is 17.4. The fraction of sp³-hybridized carbons (Fsp3) is 0.364. The number of rotatable bonds is 2. The molecule has 0 nitrogen and oxygen atoms in total. The Balaban J connectivity index is 2.66. The highest BCUT2D eigenvalue weighted by atomic mass is 79.9. The van der Waals surface area contributed by atoms with Gasteiger partial charge in [0.2, 0.25) is 0 Å². The van der Waals surface area contributed by atoms with E-state index in [4.69, 9.17) is 0 Å². The molecule has 0 aliphatic carbocycles. The van der Waals surface area contributed by atoms with Crippen LogP contribution in [0.1, 0.15) is 58.2 Å². The molecule has 1 heteroatoms. The SMILES string of the molecule is C=Cc1ccc(-c2cc(C(C)(C)C)cc(C(C)(C)C)c2)cc1Br. The van der Waals surface area contributed by atoms with Crippen LogP contribution in [0, 0.1) is 0 Å². The molecule has 0 bridgehead atoms. The molecule has 0 saturated heterocycles. The van der Waals surface area contributed by atoms with Crippen molar-refractivity contribution in [3.05, 3.63) is 64.1 Å². The summed E-state index contributed by atoms with van der Waals surface area (Å²) in [6, 6.07) is 13.5. The van der Waals surface area contributed by atoms with Crippen molar-refractivity contribution in [2.75, 3.05) is 0 Å². The standard InChI is InChI=1S/C22H27Br/c1-8-15-9-10-16(13-20(15)23)17-11-18(21(2,3)4)14-19(12-17)22(5,6)7/h8-14H,1H2,2-7H3. The van der Waals surface area contributed by atoms with Gasteiger partial charge < -0.3 is 0 Å². The van der Waals surface area contributed by atoms with Crippen LogP contribution in [-0.4, -0.2) is 0 Å². The second-order valence-corrected chi connectivity index (χ2v) is 9.09. The summed E-state index contributed by atoms with van der Waals surface area (Å²) in [5.74, 6) is 0. The van der Waals surface area contributed by atoms with Crippen LogP contribution in [0.3, 0.4) is 0 Å². The van der Waals surface area contributed by atoms with E-state index in [1.54, 1.807) is 0 Å². The lowest BCUT2D eigenvalue weighted by Gasteiger charge is -2.26. The lowest BCUT2D eigenvalue weighted by Crippen LogP contribution is -2.16. The average molecular weight is 371 g/mol. The van der Waals surface area contributed by atoms with Gasteiger partial charge in [-0.15, -0.1) is 0 Å². The fourth-order valence-corrected chi connectivity index (χ4v) is 3.07. The van der Waals surface area contributed by atoms with E-state index in [0.717, 1.165) is 10.0 Å². The summed E-state index contributed by atoms with van der Waals surface area (Å²) in [6.45, 7) is 17.5. The third-order valence-corrected chi connectivity index (χ3v) is 4.91. The lowest BCUT2D eigenvalue weighted by atomic mass is 9.79. The van der Waals surface area contributed by atoms with Crippen molar-refractivity contribution in [1.82, 2.24) is 0 Å². The monoisotopic (exact) mass is 370 g/mol. The molecule has 2 aromatic carbocycles. The second kappa shape index (κ2) is 6.28. The smallest absolute Gasteiger partial charge is 0.0253 e. The normalized spacial score (nSPS) is 12.3. The maximum absolute atomic E-state index is 3.86. The highest BCUT2D eigenvalue weighted by molar-refractivity contribution is 9.10. The molecule has 23 heavy (non-hydrogen) atoms. The number of halogens is 1. The first kappa shape index (κ1) is 18.0. The Morgan fingerprint density at radius 2 is 1.30 bits per heavy atom. The third-order valence-electron chi connectivity index (χ3n) is 4.22. The van der Waals surface area contributed by atoms with Crippen LogP contribution in [0.15, 0.2) is 47.4 Å². The Kier molecular flexibility index (Phi) is 4.92. The first-order chi connectivity index (χ1) is 10.5. The maximum Gasteiger partial charge on any atom is 0.0253 e. The lowest BCUT2D eigenvalue weighted by molar-refractivity contribution is 0.569. The van der Waals surface area contributed by atoms with Gasteiger partial charge in [-0.05, 0) is 44.7 Å². The van der Waals surface area contributed by atoms with E-state index in [-0.39, 0.29) is 10.8 Å². The molecule has 122 valence electrons. The van der Waals surface area contributed by atoms with Crippen LogP contribution in [0.25, 0.3) is 17.2 Å². The molecule has 2 rings (SSSR count). The van der Waals surface area contributed by atoms with E-state index in [1.807, 2.05) is 6.08 Å². The molecule has 0 spiro atoms. The number of hydrogen-bond donors (Lipinski definition) is 0. The Bertz CT molecular complexity index is 692. The van der Waals surface area contributed by atoms with Gasteiger partial charge in [0.1, 0.15) is 0 Å². The summed E-state index contributed by atoms with van der Waals surface area (Å²) in [4.78, 5) is 0. The van der Waals surface area contributed by atoms with E-state index in [2.05, 4.69) is 100 Å². The number of hydrogen-bond acceptors (Lipinski definition) is 0. The van der Waals surface area contributed by atoms with Crippen molar-refractivity contribution >= 4 is 22.0 Å². The Labute approximate surface area is 149 Å². The first-order valence-corrected chi connectivity index (χ1v) is 8.90. The zero-order valence-electron chi connectivity index (χ0n) is 15.1. The van der Waals surface area contributed by atoms with Gasteiger partial charge in [-0.1, -0.05) is 100 Å². The Morgan fingerprint density at radius 1 is 0.783 bits per heavy atom. The van der Waals surface area contributed by atoms with Crippen LogP contribution in [0.2, 0.25) is 0 Å². The van der Waals surface area contributed by atoms with Crippen LogP contribution in [-0.2, 0) is 10.8 Å². The molecule has 0 fully saturated rings. The van der Waals surface area contributed by atoms with Crippen molar-refractivity contribution in [1.29, 1.82) is 0 Å². The van der Waals surface area contributed by atoms with Gasteiger partial charge in [0, 0.05) is 4.47 Å². The van der Waals surface area contributed by atoms with E-state index in [1.165, 1.54) is 22.3 Å². The van der Waals surface area contributed by atoms with E-state index in [9.17, 15) is 0 Å². The van der Waals surface area contributed by atoms with Gasteiger partial charge in [0.15, 0.2) is 0 Å². The minimum atomic E-state index is 0.133. The van der Waals surface area contributed by atoms with E-state index in [0.29, 0.717) is 0 Å². The van der Waals surface area contributed by atoms with Gasteiger partial charge in [-0.3, -0.25) is 0 Å². The largest absolute Gasteiger partial charge is 0.0984 e. The number of benzene rings is 2. The van der Waals surface area contributed by atoms with Crippen molar-refractivity contribution < 1.29 is 0 Å².